The van der Waals surface area contributed by atoms with Crippen LogP contribution in [0.5, 0.6) is 0 Å². The molecule has 0 amide bonds. The molecule has 0 aliphatic heterocycles. The minimum Gasteiger partial charge on any atom is -0.0616 e. The Labute approximate surface area is 123 Å². The molecule has 0 unspecified atom stereocenters. The van der Waals surface area contributed by atoms with E-state index in [1.807, 2.05) is 0 Å². The smallest absolute Gasteiger partial charge is 0.00259 e. The fraction of sp³-hybridized carbons (Fsp3) is 0.0476. The van der Waals surface area contributed by atoms with Crippen molar-refractivity contribution in [2.75, 3.05) is 0 Å². The maximum Gasteiger partial charge on any atom is -0.00259 e. The van der Waals surface area contributed by atoms with Crippen molar-refractivity contribution in [3.63, 3.8) is 0 Å². The number of fused-ring (bicyclic) bond motifs is 4. The van der Waals surface area contributed by atoms with Crippen LogP contribution in [0.1, 0.15) is 16.7 Å². The first kappa shape index (κ1) is 11.1. The second-order valence-corrected chi connectivity index (χ2v) is 5.90. The lowest BCUT2D eigenvalue weighted by atomic mass is 9.92. The Kier molecular flexibility index (Phi) is 1.97. The summed E-state index contributed by atoms with van der Waals surface area (Å²) in [6.07, 6.45) is 4.53. The molecule has 0 spiro atoms. The number of benzene rings is 4. The van der Waals surface area contributed by atoms with Crippen LogP contribution in [-0.2, 0) is 0 Å². The molecule has 0 bridgehead atoms. The molecule has 0 atom stereocenters. The van der Waals surface area contributed by atoms with Crippen LogP contribution in [0, 0.1) is 6.92 Å². The maximum absolute atomic E-state index is 2.35. The molecule has 0 heteroatoms. The van der Waals surface area contributed by atoms with Crippen LogP contribution >= 0.6 is 0 Å². The Morgan fingerprint density at radius 3 is 2.48 bits per heavy atom. The lowest BCUT2D eigenvalue weighted by molar-refractivity contribution is 1.54. The standard InChI is InChI=1S/C21H14/c1-13-5-4-8-17-19(13)12-15-9-10-18-16-7-3-2-6-14(16)11-20(17)21(15)18/h2-12H,1H3. The molecule has 4 aromatic carbocycles. The third kappa shape index (κ3) is 1.34. The number of rotatable bonds is 0. The van der Waals surface area contributed by atoms with Crippen molar-refractivity contribution >= 4 is 44.5 Å². The van der Waals surface area contributed by atoms with Gasteiger partial charge >= 0.3 is 0 Å². The molecule has 21 heavy (non-hydrogen) atoms. The highest BCUT2D eigenvalue weighted by Crippen LogP contribution is 2.41. The van der Waals surface area contributed by atoms with Crippen LogP contribution in [0.3, 0.4) is 0 Å². The van der Waals surface area contributed by atoms with Crippen molar-refractivity contribution in [2.24, 2.45) is 0 Å². The van der Waals surface area contributed by atoms with Gasteiger partial charge in [-0.05, 0) is 68.1 Å². The van der Waals surface area contributed by atoms with E-state index in [1.165, 1.54) is 49.0 Å². The zero-order valence-corrected chi connectivity index (χ0v) is 11.9. The Hall–Kier alpha value is -2.60. The molecule has 0 fully saturated rings. The van der Waals surface area contributed by atoms with Gasteiger partial charge < -0.3 is 0 Å². The van der Waals surface area contributed by atoms with E-state index in [-0.39, 0.29) is 0 Å². The van der Waals surface area contributed by atoms with E-state index in [9.17, 15) is 0 Å². The summed E-state index contributed by atoms with van der Waals surface area (Å²) in [4.78, 5) is 0. The molecule has 5 rings (SSSR count). The number of hydrogen-bond donors (Lipinski definition) is 0. The molecule has 0 nitrogen and oxygen atoms in total. The van der Waals surface area contributed by atoms with E-state index >= 15 is 0 Å². The Bertz CT molecular complexity index is 1080. The lowest BCUT2D eigenvalue weighted by Crippen LogP contribution is -1.86. The van der Waals surface area contributed by atoms with E-state index in [1.54, 1.807) is 0 Å². The highest BCUT2D eigenvalue weighted by Gasteiger charge is 2.15. The maximum atomic E-state index is 2.35. The summed E-state index contributed by atoms with van der Waals surface area (Å²) in [5.41, 5.74) is 4.08. The SMILES string of the molecule is Cc1cccc2c1cc1c3c(c4ccccc4cc32)C=C1. The zero-order chi connectivity index (χ0) is 14.0. The first-order valence-corrected chi connectivity index (χ1v) is 7.39. The van der Waals surface area contributed by atoms with Gasteiger partial charge in [-0.25, -0.2) is 0 Å². The topological polar surface area (TPSA) is 0 Å². The van der Waals surface area contributed by atoms with E-state index in [0.717, 1.165) is 0 Å². The molecule has 0 aromatic heterocycles. The van der Waals surface area contributed by atoms with Gasteiger partial charge in [-0.2, -0.15) is 0 Å². The number of hydrogen-bond acceptors (Lipinski definition) is 0. The Balaban J connectivity index is 2.15. The van der Waals surface area contributed by atoms with Crippen molar-refractivity contribution in [1.82, 2.24) is 0 Å². The minimum absolute atomic E-state index is 1.33. The monoisotopic (exact) mass is 266 g/mol. The normalized spacial score (nSPS) is 12.8. The van der Waals surface area contributed by atoms with E-state index in [4.69, 9.17) is 0 Å². The largest absolute Gasteiger partial charge is 0.0616 e. The van der Waals surface area contributed by atoms with Gasteiger partial charge in [-0.15, -0.1) is 0 Å². The summed E-state index contributed by atoms with van der Waals surface area (Å²) < 4.78 is 0. The molecular formula is C21H14. The molecule has 4 aromatic rings. The summed E-state index contributed by atoms with van der Waals surface area (Å²) in [5.74, 6) is 0. The predicted molar refractivity (Wildman–Crippen MR) is 92.6 cm³/mol. The third-order valence-electron chi connectivity index (χ3n) is 4.72. The van der Waals surface area contributed by atoms with Gasteiger partial charge in [0.1, 0.15) is 0 Å². The lowest BCUT2D eigenvalue weighted by Gasteiger charge is -2.11. The summed E-state index contributed by atoms with van der Waals surface area (Å²) >= 11 is 0. The molecule has 0 radical (unpaired) electrons. The van der Waals surface area contributed by atoms with Crippen LogP contribution in [-0.4, -0.2) is 0 Å². The molecule has 1 aliphatic rings. The fourth-order valence-corrected chi connectivity index (χ4v) is 3.71. The molecular weight excluding hydrogens is 252 g/mol. The average molecular weight is 266 g/mol. The fourth-order valence-electron chi connectivity index (χ4n) is 3.71. The second-order valence-electron chi connectivity index (χ2n) is 5.90. The van der Waals surface area contributed by atoms with Crippen LogP contribution < -0.4 is 0 Å². The van der Waals surface area contributed by atoms with Crippen LogP contribution in [0.2, 0.25) is 0 Å². The quantitative estimate of drug-likeness (QED) is 0.240. The first-order valence-electron chi connectivity index (χ1n) is 7.39. The van der Waals surface area contributed by atoms with Gasteiger partial charge in [-0.3, -0.25) is 0 Å². The molecule has 0 saturated carbocycles. The highest BCUT2D eigenvalue weighted by atomic mass is 14.2. The second kappa shape index (κ2) is 3.73. The van der Waals surface area contributed by atoms with Gasteiger partial charge in [0.2, 0.25) is 0 Å². The van der Waals surface area contributed by atoms with Gasteiger partial charge in [0.05, 0.1) is 0 Å². The summed E-state index contributed by atoms with van der Waals surface area (Å²) in [5, 5.41) is 8.20. The summed E-state index contributed by atoms with van der Waals surface area (Å²) in [6.45, 7) is 2.20. The molecule has 0 N–H and O–H groups in total. The van der Waals surface area contributed by atoms with Crippen LogP contribution in [0.15, 0.2) is 54.6 Å². The van der Waals surface area contributed by atoms with E-state index in [0.29, 0.717) is 0 Å². The van der Waals surface area contributed by atoms with Gasteiger partial charge in [-0.1, -0.05) is 54.6 Å². The van der Waals surface area contributed by atoms with Crippen molar-refractivity contribution < 1.29 is 0 Å². The van der Waals surface area contributed by atoms with Gasteiger partial charge in [0.15, 0.2) is 0 Å². The molecule has 98 valence electrons. The molecule has 1 aliphatic carbocycles. The van der Waals surface area contributed by atoms with Crippen molar-refractivity contribution in [1.29, 1.82) is 0 Å². The van der Waals surface area contributed by atoms with Crippen LogP contribution in [0.25, 0.3) is 44.5 Å². The highest BCUT2D eigenvalue weighted by molar-refractivity contribution is 6.22. The predicted octanol–water partition coefficient (Wildman–Crippen LogP) is 5.94. The van der Waals surface area contributed by atoms with Gasteiger partial charge in [0, 0.05) is 0 Å². The van der Waals surface area contributed by atoms with E-state index < -0.39 is 0 Å². The van der Waals surface area contributed by atoms with Crippen LogP contribution in [0.4, 0.5) is 0 Å². The summed E-state index contributed by atoms with van der Waals surface area (Å²) in [6, 6.07) is 20.0. The zero-order valence-electron chi connectivity index (χ0n) is 11.9. The summed E-state index contributed by atoms with van der Waals surface area (Å²) in [7, 11) is 0. The molecule has 0 saturated heterocycles. The average Bonchev–Trinajstić information content (AvgIpc) is 2.94. The Morgan fingerprint density at radius 2 is 1.52 bits per heavy atom. The minimum atomic E-state index is 1.33. The van der Waals surface area contributed by atoms with Gasteiger partial charge in [0.25, 0.3) is 0 Å². The van der Waals surface area contributed by atoms with Crippen molar-refractivity contribution in [3.8, 4) is 0 Å². The van der Waals surface area contributed by atoms with E-state index in [2.05, 4.69) is 73.7 Å². The first-order chi connectivity index (χ1) is 10.3. The van der Waals surface area contributed by atoms with Crippen molar-refractivity contribution in [2.45, 2.75) is 6.92 Å². The van der Waals surface area contributed by atoms with Crippen molar-refractivity contribution in [3.05, 3.63) is 71.3 Å². The molecule has 0 heterocycles. The Morgan fingerprint density at radius 1 is 0.667 bits per heavy atom. The number of aryl methyl sites for hydroxylation is 1. The third-order valence-corrected chi connectivity index (χ3v) is 4.72.